The van der Waals surface area contributed by atoms with Gasteiger partial charge in [-0.2, -0.15) is 0 Å². The average Bonchev–Trinajstić information content (AvgIpc) is 3.28. The first kappa shape index (κ1) is 18.7. The normalized spacial score (nSPS) is 15.6. The Morgan fingerprint density at radius 3 is 2.89 bits per heavy atom. The van der Waals surface area contributed by atoms with E-state index in [0.29, 0.717) is 12.3 Å². The smallest absolute Gasteiger partial charge is 0.503 e. The Kier molecular flexibility index (Phi) is 4.91. The SMILES string of the molecule is COc1ccc(/C=C/C2=[N+]3Bn4cccc4C(CCN)=C3C(C)=C2)c(Cl)c1O. The first-order valence-electron chi connectivity index (χ1n) is 9.20. The molecule has 0 atom stereocenters. The third-order valence-electron chi connectivity index (χ3n) is 5.19. The molecule has 0 spiro atoms. The maximum atomic E-state index is 10.1. The summed E-state index contributed by atoms with van der Waals surface area (Å²) in [6.45, 7) is 2.74. The molecular formula is C21H22BClN3O2+. The number of ether oxygens (including phenoxy) is 1. The van der Waals surface area contributed by atoms with Crippen LogP contribution >= 0.6 is 11.6 Å². The second-order valence-corrected chi connectivity index (χ2v) is 7.28. The van der Waals surface area contributed by atoms with Crippen LogP contribution in [0.2, 0.25) is 5.02 Å². The first-order chi connectivity index (χ1) is 13.5. The van der Waals surface area contributed by atoms with Crippen LogP contribution in [-0.2, 0) is 0 Å². The van der Waals surface area contributed by atoms with Gasteiger partial charge in [-0.3, -0.25) is 4.49 Å². The summed E-state index contributed by atoms with van der Waals surface area (Å²) in [6, 6.07) is 7.76. The summed E-state index contributed by atoms with van der Waals surface area (Å²) in [5.74, 6) is 0.314. The van der Waals surface area contributed by atoms with Crippen LogP contribution in [0.15, 0.2) is 53.9 Å². The van der Waals surface area contributed by atoms with Gasteiger partial charge in [-0.25, -0.2) is 0 Å². The number of hydrogen-bond acceptors (Lipinski definition) is 3. The van der Waals surface area contributed by atoms with Crippen LogP contribution in [0.4, 0.5) is 0 Å². The number of aromatic nitrogens is 1. The van der Waals surface area contributed by atoms with E-state index in [9.17, 15) is 5.11 Å². The Hall–Kier alpha value is -2.70. The molecule has 1 aromatic carbocycles. The highest BCUT2D eigenvalue weighted by Gasteiger charge is 2.36. The molecule has 2 aliphatic heterocycles. The lowest BCUT2D eigenvalue weighted by Crippen LogP contribution is -2.31. The Morgan fingerprint density at radius 2 is 2.14 bits per heavy atom. The lowest BCUT2D eigenvalue weighted by Gasteiger charge is -2.18. The van der Waals surface area contributed by atoms with Crippen LogP contribution < -0.4 is 10.5 Å². The molecule has 4 rings (SSSR count). The van der Waals surface area contributed by atoms with E-state index in [1.165, 1.54) is 29.6 Å². The van der Waals surface area contributed by atoms with E-state index in [2.05, 4.69) is 40.3 Å². The lowest BCUT2D eigenvalue weighted by molar-refractivity contribution is -0.314. The highest BCUT2D eigenvalue weighted by molar-refractivity contribution is 6.34. The quantitative estimate of drug-likeness (QED) is 0.766. The van der Waals surface area contributed by atoms with Crippen molar-refractivity contribution in [3.05, 3.63) is 70.2 Å². The standard InChI is InChI=1S/C21H21BClN3O2/c1-13-12-15(7-5-14-6-8-18(28-2)21(27)19(14)23)26-20(13)16(9-10-24)17-4-3-11-25(17)22-26/h3-8,11-12,22H,9-10,24H2,1-2H3/p+1/b7-5+. The minimum Gasteiger partial charge on any atom is -0.503 e. The number of benzene rings is 1. The van der Waals surface area contributed by atoms with Crippen molar-refractivity contribution in [3.63, 3.8) is 0 Å². The van der Waals surface area contributed by atoms with Crippen molar-refractivity contribution >= 4 is 36.5 Å². The number of methoxy groups -OCH3 is 1. The van der Waals surface area contributed by atoms with Crippen LogP contribution in [0, 0.1) is 0 Å². The number of phenolic OH excluding ortho intramolecular Hbond substituents is 1. The van der Waals surface area contributed by atoms with E-state index in [4.69, 9.17) is 22.1 Å². The zero-order valence-corrected chi connectivity index (χ0v) is 16.7. The molecule has 0 amide bonds. The number of nitrogens with two attached hydrogens (primary N) is 1. The van der Waals surface area contributed by atoms with Crippen LogP contribution in [-0.4, -0.2) is 41.0 Å². The van der Waals surface area contributed by atoms with Crippen molar-refractivity contribution < 1.29 is 14.3 Å². The monoisotopic (exact) mass is 394 g/mol. The molecule has 3 N–H and O–H groups in total. The molecule has 0 saturated carbocycles. The molecule has 0 radical (unpaired) electrons. The zero-order chi connectivity index (χ0) is 19.8. The van der Waals surface area contributed by atoms with Crippen molar-refractivity contribution in [3.8, 4) is 11.5 Å². The van der Waals surface area contributed by atoms with E-state index in [1.807, 2.05) is 18.2 Å². The Morgan fingerprint density at radius 1 is 1.32 bits per heavy atom. The summed E-state index contributed by atoms with van der Waals surface area (Å²) < 4.78 is 9.63. The maximum Gasteiger partial charge on any atom is 0.604 e. The molecule has 7 heteroatoms. The van der Waals surface area contributed by atoms with E-state index in [0.717, 1.165) is 25.2 Å². The predicted molar refractivity (Wildman–Crippen MR) is 115 cm³/mol. The van der Waals surface area contributed by atoms with Gasteiger partial charge in [0.15, 0.2) is 22.9 Å². The number of hydrogen-bond donors (Lipinski definition) is 2. The molecule has 2 aliphatic rings. The Bertz CT molecular complexity index is 1080. The third kappa shape index (κ3) is 2.99. The number of fused-ring (bicyclic) bond motifs is 2. The lowest BCUT2D eigenvalue weighted by atomic mass is 9.93. The predicted octanol–water partition coefficient (Wildman–Crippen LogP) is 3.17. The van der Waals surface area contributed by atoms with Gasteiger partial charge in [0, 0.05) is 29.0 Å². The fourth-order valence-electron chi connectivity index (χ4n) is 3.91. The summed E-state index contributed by atoms with van der Waals surface area (Å²) >= 11 is 6.30. The molecule has 1 aromatic heterocycles. The van der Waals surface area contributed by atoms with Crippen molar-refractivity contribution in [2.45, 2.75) is 13.3 Å². The van der Waals surface area contributed by atoms with Crippen LogP contribution in [0.3, 0.4) is 0 Å². The molecule has 5 nitrogen and oxygen atoms in total. The van der Waals surface area contributed by atoms with Gasteiger partial charge in [0.25, 0.3) is 0 Å². The number of aromatic hydroxyl groups is 1. The minimum atomic E-state index is -0.0461. The number of rotatable bonds is 5. The molecule has 0 unspecified atom stereocenters. The first-order valence-corrected chi connectivity index (χ1v) is 9.58. The van der Waals surface area contributed by atoms with Crippen molar-refractivity contribution in [2.24, 2.45) is 5.73 Å². The molecule has 0 fully saturated rings. The molecule has 0 saturated heterocycles. The van der Waals surface area contributed by atoms with Crippen LogP contribution in [0.25, 0.3) is 11.6 Å². The average molecular weight is 395 g/mol. The molecule has 142 valence electrons. The van der Waals surface area contributed by atoms with Gasteiger partial charge in [0.2, 0.25) is 0 Å². The molecule has 28 heavy (non-hydrogen) atoms. The van der Waals surface area contributed by atoms with Crippen LogP contribution in [0.5, 0.6) is 11.5 Å². The Labute approximate surface area is 170 Å². The fraction of sp³-hybridized carbons (Fsp3) is 0.190. The largest absolute Gasteiger partial charge is 0.604 e. The summed E-state index contributed by atoms with van der Waals surface area (Å²) in [5, 5.41) is 10.4. The van der Waals surface area contributed by atoms with Gasteiger partial charge in [-0.1, -0.05) is 11.6 Å². The van der Waals surface area contributed by atoms with Crippen molar-refractivity contribution in [1.82, 2.24) is 4.48 Å². The molecular weight excluding hydrogens is 373 g/mol. The van der Waals surface area contributed by atoms with E-state index < -0.39 is 0 Å². The number of nitrogens with zero attached hydrogens (tertiary/aromatic N) is 2. The Balaban J connectivity index is 1.77. The second-order valence-electron chi connectivity index (χ2n) is 6.90. The number of halogens is 1. The fourth-order valence-corrected chi connectivity index (χ4v) is 4.13. The second kappa shape index (κ2) is 7.38. The minimum absolute atomic E-state index is 0.0461. The maximum absolute atomic E-state index is 10.1. The van der Waals surface area contributed by atoms with Crippen molar-refractivity contribution in [1.29, 1.82) is 0 Å². The zero-order valence-electron chi connectivity index (χ0n) is 15.9. The molecule has 0 aliphatic carbocycles. The topological polar surface area (TPSA) is 63.4 Å². The van der Waals surface area contributed by atoms with Crippen molar-refractivity contribution in [2.75, 3.05) is 13.7 Å². The molecule has 0 bridgehead atoms. The summed E-state index contributed by atoms with van der Waals surface area (Å²) in [5.41, 5.74) is 12.7. The summed E-state index contributed by atoms with van der Waals surface area (Å²) in [6.07, 6.45) is 9.04. The van der Waals surface area contributed by atoms with E-state index >= 15 is 0 Å². The molecule has 2 aromatic rings. The van der Waals surface area contributed by atoms with Gasteiger partial charge in [0.1, 0.15) is 0 Å². The van der Waals surface area contributed by atoms with Gasteiger partial charge >= 0.3 is 7.55 Å². The number of phenols is 1. The highest BCUT2D eigenvalue weighted by Crippen LogP contribution is 2.37. The van der Waals surface area contributed by atoms with Gasteiger partial charge < -0.3 is 20.1 Å². The van der Waals surface area contributed by atoms with E-state index in [-0.39, 0.29) is 10.8 Å². The third-order valence-corrected chi connectivity index (χ3v) is 5.59. The molecule has 3 heterocycles. The van der Waals surface area contributed by atoms with Gasteiger partial charge in [0.05, 0.1) is 12.1 Å². The van der Waals surface area contributed by atoms with Gasteiger partial charge in [-0.15, -0.1) is 0 Å². The van der Waals surface area contributed by atoms with Crippen LogP contribution in [0.1, 0.15) is 24.6 Å². The van der Waals surface area contributed by atoms with Gasteiger partial charge in [-0.05, 0) is 62.0 Å². The summed E-state index contributed by atoms with van der Waals surface area (Å²) in [4.78, 5) is 0. The number of allylic oxidation sites excluding steroid dienone is 3. The highest BCUT2D eigenvalue weighted by atomic mass is 35.5. The summed E-state index contributed by atoms with van der Waals surface area (Å²) in [7, 11) is 2.25. The van der Waals surface area contributed by atoms with E-state index in [1.54, 1.807) is 6.07 Å².